The third kappa shape index (κ3) is 6.44. The minimum Gasteiger partial charge on any atom is -0.370 e. The number of rotatable bonds is 4. The summed E-state index contributed by atoms with van der Waals surface area (Å²) >= 11 is 0. The van der Waals surface area contributed by atoms with Crippen molar-refractivity contribution in [3.05, 3.63) is 29.8 Å². The number of sulfone groups is 1. The van der Waals surface area contributed by atoms with Crippen molar-refractivity contribution in [2.75, 3.05) is 25.4 Å². The van der Waals surface area contributed by atoms with E-state index in [-0.39, 0.29) is 41.7 Å². The number of guanidine groups is 1. The molecule has 0 radical (unpaired) electrons. The van der Waals surface area contributed by atoms with Crippen LogP contribution in [0.25, 0.3) is 0 Å². The van der Waals surface area contributed by atoms with Crippen LogP contribution in [0.5, 0.6) is 0 Å². The predicted octanol–water partition coefficient (Wildman–Crippen LogP) is 3.18. The number of hydrogen-bond donors (Lipinski definition) is 1. The lowest BCUT2D eigenvalue weighted by Gasteiger charge is -2.27. The van der Waals surface area contributed by atoms with Crippen molar-refractivity contribution in [3.63, 3.8) is 0 Å². The second-order valence-corrected chi connectivity index (χ2v) is 9.49. The molecule has 0 amide bonds. The first-order valence-corrected chi connectivity index (χ1v) is 10.2. The van der Waals surface area contributed by atoms with Gasteiger partial charge in [-0.2, -0.15) is 0 Å². The second kappa shape index (κ2) is 9.21. The monoisotopic (exact) mass is 479 g/mol. The molecule has 0 spiro atoms. The summed E-state index contributed by atoms with van der Waals surface area (Å²) in [6.45, 7) is 8.34. The van der Waals surface area contributed by atoms with Gasteiger partial charge >= 0.3 is 0 Å². The van der Waals surface area contributed by atoms with Gasteiger partial charge in [0.2, 0.25) is 0 Å². The minimum absolute atomic E-state index is 0. The van der Waals surface area contributed by atoms with Gasteiger partial charge in [-0.05, 0) is 42.4 Å². The fraction of sp³-hybridized carbons (Fsp3) is 0.611. The van der Waals surface area contributed by atoms with E-state index < -0.39 is 9.84 Å². The quantitative estimate of drug-likeness (QED) is 0.409. The summed E-state index contributed by atoms with van der Waals surface area (Å²) < 4.78 is 24.9. The van der Waals surface area contributed by atoms with Crippen LogP contribution in [0.15, 0.2) is 34.2 Å². The van der Waals surface area contributed by atoms with E-state index in [9.17, 15) is 8.42 Å². The molecule has 1 aromatic carbocycles. The molecule has 1 aliphatic rings. The Bertz CT molecular complexity index is 673. The molecule has 0 atom stereocenters. The van der Waals surface area contributed by atoms with Crippen molar-refractivity contribution in [3.8, 4) is 0 Å². The third-order valence-corrected chi connectivity index (χ3v) is 6.10. The predicted molar refractivity (Wildman–Crippen MR) is 115 cm³/mol. The largest absolute Gasteiger partial charge is 0.370 e. The minimum atomic E-state index is -3.33. The Morgan fingerprint density at radius 3 is 2.20 bits per heavy atom. The first-order valence-electron chi connectivity index (χ1n) is 8.58. The van der Waals surface area contributed by atoms with Crippen molar-refractivity contribution in [1.29, 1.82) is 0 Å². The number of aliphatic imine (C=N–C) groups is 1. The van der Waals surface area contributed by atoms with Crippen LogP contribution in [0.3, 0.4) is 0 Å². The highest BCUT2D eigenvalue weighted by Gasteiger charge is 2.18. The fourth-order valence-corrected chi connectivity index (χ4v) is 3.90. The maximum Gasteiger partial charge on any atom is 0.191 e. The van der Waals surface area contributed by atoms with Gasteiger partial charge in [-0.3, -0.25) is 4.99 Å². The van der Waals surface area contributed by atoms with Gasteiger partial charge in [-0.1, -0.05) is 32.9 Å². The molecule has 0 unspecified atom stereocenters. The number of likely N-dealkylation sites (tertiary alicyclic amines) is 1. The maximum absolute atomic E-state index is 12.4. The van der Waals surface area contributed by atoms with Gasteiger partial charge in [0, 0.05) is 13.1 Å². The Morgan fingerprint density at radius 1 is 1.12 bits per heavy atom. The molecule has 142 valence electrons. The summed E-state index contributed by atoms with van der Waals surface area (Å²) in [5, 5.41) is 0. The zero-order valence-electron chi connectivity index (χ0n) is 15.4. The Kier molecular flexibility index (Phi) is 8.18. The molecule has 1 aromatic rings. The van der Waals surface area contributed by atoms with Crippen LogP contribution in [-0.4, -0.2) is 44.7 Å². The first-order chi connectivity index (χ1) is 11.2. The van der Waals surface area contributed by atoms with Crippen LogP contribution in [0.2, 0.25) is 0 Å². The van der Waals surface area contributed by atoms with Crippen LogP contribution in [0, 0.1) is 0 Å². The molecule has 25 heavy (non-hydrogen) atoms. The van der Waals surface area contributed by atoms with Gasteiger partial charge < -0.3 is 10.6 Å². The summed E-state index contributed by atoms with van der Waals surface area (Å²) in [7, 11) is -3.33. The molecule has 5 nitrogen and oxygen atoms in total. The SMILES string of the molecule is CC(C)(C)c1ccc(S(=O)(=O)CCN=C(N)N2CCCCC2)cc1.I. The van der Waals surface area contributed by atoms with Crippen molar-refractivity contribution < 1.29 is 8.42 Å². The van der Waals surface area contributed by atoms with E-state index in [1.807, 2.05) is 17.0 Å². The van der Waals surface area contributed by atoms with Gasteiger partial charge in [-0.25, -0.2) is 8.42 Å². The smallest absolute Gasteiger partial charge is 0.191 e. The zero-order valence-corrected chi connectivity index (χ0v) is 18.5. The zero-order chi connectivity index (χ0) is 17.8. The molecular formula is C18H30IN3O2S. The molecule has 2 rings (SSSR count). The van der Waals surface area contributed by atoms with E-state index in [1.165, 1.54) is 6.42 Å². The Labute approximate surface area is 169 Å². The molecule has 0 aromatic heterocycles. The van der Waals surface area contributed by atoms with Crippen LogP contribution >= 0.6 is 24.0 Å². The fourth-order valence-electron chi connectivity index (χ4n) is 2.78. The first kappa shape index (κ1) is 22.2. The Hall–Kier alpha value is -0.830. The third-order valence-electron chi connectivity index (χ3n) is 4.39. The number of nitrogens with two attached hydrogens (primary N) is 1. The number of hydrogen-bond acceptors (Lipinski definition) is 3. The topological polar surface area (TPSA) is 75.8 Å². The van der Waals surface area contributed by atoms with Gasteiger partial charge in [-0.15, -0.1) is 24.0 Å². The van der Waals surface area contributed by atoms with Gasteiger partial charge in [0.15, 0.2) is 15.8 Å². The van der Waals surface area contributed by atoms with E-state index >= 15 is 0 Å². The van der Waals surface area contributed by atoms with E-state index in [1.54, 1.807) is 12.1 Å². The molecule has 0 aliphatic carbocycles. The normalized spacial score (nSPS) is 16.4. The summed E-state index contributed by atoms with van der Waals surface area (Å²) in [5.41, 5.74) is 7.09. The van der Waals surface area contributed by atoms with Crippen LogP contribution in [0.4, 0.5) is 0 Å². The summed E-state index contributed by atoms with van der Waals surface area (Å²) in [5.74, 6) is 0.448. The average molecular weight is 479 g/mol. The van der Waals surface area contributed by atoms with E-state index in [0.717, 1.165) is 31.5 Å². The molecule has 0 saturated carbocycles. The van der Waals surface area contributed by atoms with Gasteiger partial charge in [0.25, 0.3) is 0 Å². The van der Waals surface area contributed by atoms with Crippen molar-refractivity contribution in [1.82, 2.24) is 4.90 Å². The van der Waals surface area contributed by atoms with E-state index in [2.05, 4.69) is 25.8 Å². The van der Waals surface area contributed by atoms with Gasteiger partial charge in [0.05, 0.1) is 17.2 Å². The standard InChI is InChI=1S/C18H29N3O2S.HI/c1-18(2,3)15-7-9-16(10-8-15)24(22,23)14-11-20-17(19)21-12-5-4-6-13-21;/h7-10H,4-6,11-14H2,1-3H3,(H2,19,20);1H. The second-order valence-electron chi connectivity index (χ2n) is 7.38. The molecule has 1 heterocycles. The van der Waals surface area contributed by atoms with Gasteiger partial charge in [0.1, 0.15) is 0 Å². The number of halogens is 1. The number of benzene rings is 1. The lowest BCUT2D eigenvalue weighted by atomic mass is 9.87. The lowest BCUT2D eigenvalue weighted by Crippen LogP contribution is -2.41. The maximum atomic E-state index is 12.4. The van der Waals surface area contributed by atoms with Crippen molar-refractivity contribution in [2.45, 2.75) is 50.3 Å². The van der Waals surface area contributed by atoms with Crippen molar-refractivity contribution in [2.24, 2.45) is 10.7 Å². The van der Waals surface area contributed by atoms with Crippen molar-refractivity contribution >= 4 is 39.8 Å². The molecule has 1 saturated heterocycles. The summed E-state index contributed by atoms with van der Waals surface area (Å²) in [6.07, 6.45) is 3.46. The lowest BCUT2D eigenvalue weighted by molar-refractivity contribution is 0.338. The molecule has 1 fully saturated rings. The highest BCUT2D eigenvalue weighted by atomic mass is 127. The highest BCUT2D eigenvalue weighted by molar-refractivity contribution is 14.0. The van der Waals surface area contributed by atoms with Crippen LogP contribution in [0.1, 0.15) is 45.6 Å². The molecule has 2 N–H and O–H groups in total. The number of nitrogens with zero attached hydrogens (tertiary/aromatic N) is 2. The Balaban J connectivity index is 0.00000312. The number of piperidine rings is 1. The molecule has 0 bridgehead atoms. The van der Waals surface area contributed by atoms with Crippen LogP contribution < -0.4 is 5.73 Å². The van der Waals surface area contributed by atoms with E-state index in [0.29, 0.717) is 10.9 Å². The van der Waals surface area contributed by atoms with E-state index in [4.69, 9.17) is 5.73 Å². The molecular weight excluding hydrogens is 449 g/mol. The molecule has 7 heteroatoms. The Morgan fingerprint density at radius 2 is 1.68 bits per heavy atom. The summed E-state index contributed by atoms with van der Waals surface area (Å²) in [6, 6.07) is 7.15. The highest BCUT2D eigenvalue weighted by Crippen LogP contribution is 2.23. The molecule has 1 aliphatic heterocycles. The average Bonchev–Trinajstić information content (AvgIpc) is 2.55. The van der Waals surface area contributed by atoms with Crippen LogP contribution in [-0.2, 0) is 15.3 Å². The summed E-state index contributed by atoms with van der Waals surface area (Å²) in [4.78, 5) is 6.64.